The maximum Gasteiger partial charge on any atom is 0.333 e. The third-order valence-electron chi connectivity index (χ3n) is 1.58. The molecular formula is C9H13NO3. The molecule has 13 heavy (non-hydrogen) atoms. The molecule has 0 saturated heterocycles. The summed E-state index contributed by atoms with van der Waals surface area (Å²) in [6.45, 7) is 8.32. The molecule has 0 aromatic heterocycles. The molecule has 0 aliphatic carbocycles. The van der Waals surface area contributed by atoms with Gasteiger partial charge in [0.25, 0.3) is 0 Å². The number of carbonyl (C=O) groups excluding carboxylic acids is 2. The van der Waals surface area contributed by atoms with Gasteiger partial charge in [-0.15, -0.1) is 0 Å². The molecule has 0 heterocycles. The van der Waals surface area contributed by atoms with Crippen LogP contribution in [0.2, 0.25) is 0 Å². The van der Waals surface area contributed by atoms with Crippen LogP contribution < -0.4 is 0 Å². The fourth-order valence-corrected chi connectivity index (χ4v) is 0.556. The normalized spacial score (nSPS) is 13.8. The maximum atomic E-state index is 11.0. The molecule has 0 fully saturated rings. The molecule has 2 unspecified atom stereocenters. The van der Waals surface area contributed by atoms with E-state index < -0.39 is 12.1 Å². The van der Waals surface area contributed by atoms with E-state index in [0.717, 1.165) is 0 Å². The zero-order valence-electron chi connectivity index (χ0n) is 8.03. The number of ether oxygens (including phenoxy) is 1. The molecule has 0 amide bonds. The highest BCUT2D eigenvalue weighted by atomic mass is 16.5. The van der Waals surface area contributed by atoms with Crippen LogP contribution in [-0.4, -0.2) is 24.2 Å². The molecule has 0 aliphatic heterocycles. The summed E-state index contributed by atoms with van der Waals surface area (Å²) >= 11 is 0. The lowest BCUT2D eigenvalue weighted by Gasteiger charge is -2.15. The molecule has 0 N–H and O–H groups in total. The van der Waals surface area contributed by atoms with Crippen molar-refractivity contribution in [2.45, 2.75) is 32.9 Å². The van der Waals surface area contributed by atoms with Gasteiger partial charge in [-0.1, -0.05) is 6.58 Å². The SMILES string of the molecule is C=C(C)C(=O)OC(C)C(C)N=C=O. The van der Waals surface area contributed by atoms with Crippen LogP contribution in [0.1, 0.15) is 20.8 Å². The van der Waals surface area contributed by atoms with Crippen molar-refractivity contribution in [2.24, 2.45) is 4.99 Å². The highest BCUT2D eigenvalue weighted by molar-refractivity contribution is 5.87. The Morgan fingerprint density at radius 2 is 2.08 bits per heavy atom. The Kier molecular flexibility index (Phi) is 4.70. The Balaban J connectivity index is 4.14. The van der Waals surface area contributed by atoms with Gasteiger partial charge < -0.3 is 4.74 Å². The first-order chi connectivity index (χ1) is 5.99. The average molecular weight is 183 g/mol. The van der Waals surface area contributed by atoms with Crippen molar-refractivity contribution in [3.05, 3.63) is 12.2 Å². The quantitative estimate of drug-likeness (QED) is 0.285. The lowest BCUT2D eigenvalue weighted by molar-refractivity contribution is -0.144. The van der Waals surface area contributed by atoms with Crippen LogP contribution in [0, 0.1) is 0 Å². The van der Waals surface area contributed by atoms with Crippen LogP contribution in [0.5, 0.6) is 0 Å². The maximum absolute atomic E-state index is 11.0. The topological polar surface area (TPSA) is 55.7 Å². The molecular weight excluding hydrogens is 170 g/mol. The van der Waals surface area contributed by atoms with E-state index >= 15 is 0 Å². The van der Waals surface area contributed by atoms with E-state index in [1.165, 1.54) is 6.08 Å². The first kappa shape index (κ1) is 11.6. The summed E-state index contributed by atoms with van der Waals surface area (Å²) in [5, 5.41) is 0. The highest BCUT2D eigenvalue weighted by Gasteiger charge is 2.15. The van der Waals surface area contributed by atoms with Crippen LogP contribution in [-0.2, 0) is 14.3 Å². The van der Waals surface area contributed by atoms with Gasteiger partial charge in [-0.2, -0.15) is 4.99 Å². The van der Waals surface area contributed by atoms with E-state index in [1.807, 2.05) is 0 Å². The lowest BCUT2D eigenvalue weighted by Crippen LogP contribution is -2.25. The van der Waals surface area contributed by atoms with E-state index in [2.05, 4.69) is 11.6 Å². The van der Waals surface area contributed by atoms with Gasteiger partial charge >= 0.3 is 5.97 Å². The molecule has 4 heteroatoms. The van der Waals surface area contributed by atoms with Gasteiger partial charge in [-0.3, -0.25) is 0 Å². The molecule has 0 bridgehead atoms. The van der Waals surface area contributed by atoms with E-state index in [1.54, 1.807) is 20.8 Å². The van der Waals surface area contributed by atoms with Gasteiger partial charge in [-0.05, 0) is 20.8 Å². The summed E-state index contributed by atoms with van der Waals surface area (Å²) in [5.41, 5.74) is 0.328. The van der Waals surface area contributed by atoms with Gasteiger partial charge in [0.15, 0.2) is 0 Å². The van der Waals surface area contributed by atoms with Gasteiger partial charge in [0.05, 0.1) is 6.04 Å². The van der Waals surface area contributed by atoms with Gasteiger partial charge in [0, 0.05) is 5.57 Å². The number of aliphatic imine (C=N–C) groups is 1. The molecule has 0 radical (unpaired) electrons. The largest absolute Gasteiger partial charge is 0.457 e. The van der Waals surface area contributed by atoms with Crippen molar-refractivity contribution in [1.82, 2.24) is 0 Å². The second kappa shape index (κ2) is 5.27. The minimum atomic E-state index is -0.472. The summed E-state index contributed by atoms with van der Waals surface area (Å²) < 4.78 is 4.92. The minimum absolute atomic E-state index is 0.328. The molecule has 72 valence electrons. The summed E-state index contributed by atoms with van der Waals surface area (Å²) in [5.74, 6) is -0.472. The van der Waals surface area contributed by atoms with Crippen molar-refractivity contribution in [2.75, 3.05) is 0 Å². The van der Waals surface area contributed by atoms with Gasteiger partial charge in [-0.25, -0.2) is 9.59 Å². The molecule has 0 aromatic carbocycles. The Hall–Kier alpha value is -1.41. The number of carbonyl (C=O) groups is 1. The van der Waals surface area contributed by atoms with E-state index in [-0.39, 0.29) is 6.04 Å². The second-order valence-corrected chi connectivity index (χ2v) is 2.85. The molecule has 4 nitrogen and oxygen atoms in total. The molecule has 0 rings (SSSR count). The zero-order chi connectivity index (χ0) is 10.4. The molecule has 0 spiro atoms. The van der Waals surface area contributed by atoms with Crippen molar-refractivity contribution < 1.29 is 14.3 Å². The van der Waals surface area contributed by atoms with Crippen molar-refractivity contribution in [3.63, 3.8) is 0 Å². The molecule has 0 aliphatic rings. The fourth-order valence-electron chi connectivity index (χ4n) is 0.556. The predicted molar refractivity (Wildman–Crippen MR) is 48.0 cm³/mol. The summed E-state index contributed by atoms with van der Waals surface area (Å²) in [6, 6.07) is -0.374. The monoisotopic (exact) mass is 183 g/mol. The van der Waals surface area contributed by atoms with Crippen molar-refractivity contribution in [3.8, 4) is 0 Å². The number of isocyanates is 1. The van der Waals surface area contributed by atoms with E-state index in [4.69, 9.17) is 4.74 Å². The smallest absolute Gasteiger partial charge is 0.333 e. The van der Waals surface area contributed by atoms with E-state index in [0.29, 0.717) is 5.57 Å². The van der Waals surface area contributed by atoms with Gasteiger partial charge in [0.2, 0.25) is 6.08 Å². The van der Waals surface area contributed by atoms with Gasteiger partial charge in [0.1, 0.15) is 6.10 Å². The highest BCUT2D eigenvalue weighted by Crippen LogP contribution is 2.04. The van der Waals surface area contributed by atoms with Crippen LogP contribution in [0.25, 0.3) is 0 Å². The summed E-state index contributed by atoms with van der Waals surface area (Å²) in [6.07, 6.45) is 0.973. The molecule has 0 aromatic rings. The average Bonchev–Trinajstić information content (AvgIpc) is 2.04. The van der Waals surface area contributed by atoms with Crippen LogP contribution >= 0.6 is 0 Å². The Morgan fingerprint density at radius 3 is 2.46 bits per heavy atom. The third-order valence-corrected chi connectivity index (χ3v) is 1.58. The van der Waals surface area contributed by atoms with Crippen LogP contribution in [0.3, 0.4) is 0 Å². The summed E-state index contributed by atoms with van der Waals surface area (Å²) in [7, 11) is 0. The number of rotatable bonds is 4. The van der Waals surface area contributed by atoms with Crippen molar-refractivity contribution >= 4 is 12.0 Å². The first-order valence-corrected chi connectivity index (χ1v) is 3.92. The number of esters is 1. The third kappa shape index (κ3) is 4.23. The Morgan fingerprint density at radius 1 is 1.54 bits per heavy atom. The van der Waals surface area contributed by atoms with Crippen molar-refractivity contribution in [1.29, 1.82) is 0 Å². The fraction of sp³-hybridized carbons (Fsp3) is 0.556. The second-order valence-electron chi connectivity index (χ2n) is 2.85. The lowest BCUT2D eigenvalue weighted by atomic mass is 10.2. The number of hydrogen-bond donors (Lipinski definition) is 0. The van der Waals surface area contributed by atoms with Crippen LogP contribution in [0.4, 0.5) is 0 Å². The standard InChI is InChI=1S/C9H13NO3/c1-6(2)9(12)13-8(4)7(3)10-5-11/h7-8H,1H2,2-4H3. The molecule has 0 saturated carbocycles. The van der Waals surface area contributed by atoms with E-state index in [9.17, 15) is 9.59 Å². The number of nitrogens with zero attached hydrogens (tertiary/aromatic N) is 1. The summed E-state index contributed by atoms with van der Waals surface area (Å²) in [4.78, 5) is 24.3. The van der Waals surface area contributed by atoms with Crippen LogP contribution in [0.15, 0.2) is 17.1 Å². The Labute approximate surface area is 77.3 Å². The number of hydrogen-bond acceptors (Lipinski definition) is 4. The minimum Gasteiger partial charge on any atom is -0.457 e. The first-order valence-electron chi connectivity index (χ1n) is 3.92. The predicted octanol–water partition coefficient (Wildman–Crippen LogP) is 1.22. The zero-order valence-corrected chi connectivity index (χ0v) is 8.03. The Bertz CT molecular complexity index is 254. The molecule has 2 atom stereocenters.